The van der Waals surface area contributed by atoms with Crippen LogP contribution in [0.1, 0.15) is 39.5 Å². The summed E-state index contributed by atoms with van der Waals surface area (Å²) in [4.78, 5) is 15.7. The van der Waals surface area contributed by atoms with Crippen molar-refractivity contribution in [2.24, 2.45) is 0 Å². The third-order valence-corrected chi connectivity index (χ3v) is 3.77. The van der Waals surface area contributed by atoms with Gasteiger partial charge in [0.1, 0.15) is 0 Å². The third-order valence-electron chi connectivity index (χ3n) is 3.77. The van der Waals surface area contributed by atoms with Gasteiger partial charge in [-0.3, -0.25) is 9.69 Å². The predicted octanol–water partition coefficient (Wildman–Crippen LogP) is 1.66. The zero-order valence-corrected chi connectivity index (χ0v) is 11.4. The van der Waals surface area contributed by atoms with Gasteiger partial charge in [-0.15, -0.1) is 0 Å². The molecule has 0 aromatic carbocycles. The van der Waals surface area contributed by atoms with E-state index in [4.69, 9.17) is 5.11 Å². The molecule has 100 valence electrons. The molecule has 0 saturated carbocycles. The van der Waals surface area contributed by atoms with Crippen LogP contribution in [-0.2, 0) is 4.79 Å². The minimum absolute atomic E-state index is 0.198. The maximum atomic E-state index is 10.9. The van der Waals surface area contributed by atoms with Crippen LogP contribution in [-0.4, -0.2) is 59.6 Å². The number of aliphatic carboxylic acids is 1. The molecule has 0 amide bonds. The van der Waals surface area contributed by atoms with Gasteiger partial charge in [-0.05, 0) is 32.9 Å². The molecule has 1 aliphatic rings. The maximum Gasteiger partial charge on any atom is 0.304 e. The topological polar surface area (TPSA) is 43.8 Å². The summed E-state index contributed by atoms with van der Waals surface area (Å²) in [5.41, 5.74) is 0. The smallest absolute Gasteiger partial charge is 0.304 e. The molecule has 1 fully saturated rings. The lowest BCUT2D eigenvalue weighted by Gasteiger charge is -2.36. The number of rotatable bonds is 5. The summed E-state index contributed by atoms with van der Waals surface area (Å²) in [5.74, 6) is -0.677. The predicted molar refractivity (Wildman–Crippen MR) is 69.2 cm³/mol. The Balaban J connectivity index is 2.71. The summed E-state index contributed by atoms with van der Waals surface area (Å²) in [6.45, 7) is 7.51. The van der Waals surface area contributed by atoms with Crippen molar-refractivity contribution in [2.45, 2.75) is 51.6 Å². The highest BCUT2D eigenvalue weighted by Crippen LogP contribution is 2.19. The first-order valence-corrected chi connectivity index (χ1v) is 6.74. The Bertz CT molecular complexity index is 246. The second-order valence-electron chi connectivity index (χ2n) is 5.08. The van der Waals surface area contributed by atoms with Gasteiger partial charge in [0, 0.05) is 25.2 Å². The Kier molecular flexibility index (Phi) is 5.92. The first kappa shape index (κ1) is 14.5. The molecule has 1 heterocycles. The first-order chi connectivity index (χ1) is 8.08. The average Bonchev–Trinajstić information content (AvgIpc) is 2.47. The van der Waals surface area contributed by atoms with Gasteiger partial charge in [0.05, 0.1) is 6.42 Å². The molecule has 1 N–H and O–H groups in total. The van der Waals surface area contributed by atoms with E-state index in [0.717, 1.165) is 38.9 Å². The van der Waals surface area contributed by atoms with E-state index in [2.05, 4.69) is 30.7 Å². The van der Waals surface area contributed by atoms with Crippen molar-refractivity contribution in [3.63, 3.8) is 0 Å². The van der Waals surface area contributed by atoms with Crippen LogP contribution in [0.25, 0.3) is 0 Å². The fourth-order valence-electron chi connectivity index (χ4n) is 2.80. The lowest BCUT2D eigenvalue weighted by molar-refractivity contribution is -0.138. The third kappa shape index (κ3) is 4.28. The van der Waals surface area contributed by atoms with Crippen LogP contribution < -0.4 is 0 Å². The second-order valence-corrected chi connectivity index (χ2v) is 5.08. The molecular formula is C13H26N2O2. The lowest BCUT2D eigenvalue weighted by Crippen LogP contribution is -2.46. The van der Waals surface area contributed by atoms with Crippen molar-refractivity contribution in [2.75, 3.05) is 26.7 Å². The highest BCUT2D eigenvalue weighted by molar-refractivity contribution is 5.67. The van der Waals surface area contributed by atoms with Crippen LogP contribution >= 0.6 is 0 Å². The fraction of sp³-hybridized carbons (Fsp3) is 0.923. The Hall–Kier alpha value is -0.610. The van der Waals surface area contributed by atoms with Crippen molar-refractivity contribution in [1.82, 2.24) is 9.80 Å². The SMILES string of the molecule is CCC(CC(=O)O)N1CCCN(C)CC1CC. The number of hydrogen-bond donors (Lipinski definition) is 1. The van der Waals surface area contributed by atoms with E-state index < -0.39 is 5.97 Å². The van der Waals surface area contributed by atoms with E-state index in [-0.39, 0.29) is 12.5 Å². The quantitative estimate of drug-likeness (QED) is 0.796. The van der Waals surface area contributed by atoms with E-state index in [9.17, 15) is 4.79 Å². The van der Waals surface area contributed by atoms with Crippen molar-refractivity contribution in [3.05, 3.63) is 0 Å². The van der Waals surface area contributed by atoms with E-state index in [1.54, 1.807) is 0 Å². The Labute approximate surface area is 105 Å². The van der Waals surface area contributed by atoms with E-state index >= 15 is 0 Å². The second kappa shape index (κ2) is 6.97. The highest BCUT2D eigenvalue weighted by atomic mass is 16.4. The molecule has 1 saturated heterocycles. The maximum absolute atomic E-state index is 10.9. The number of hydrogen-bond acceptors (Lipinski definition) is 3. The van der Waals surface area contributed by atoms with Crippen molar-refractivity contribution >= 4 is 5.97 Å². The van der Waals surface area contributed by atoms with E-state index in [1.165, 1.54) is 0 Å². The zero-order chi connectivity index (χ0) is 12.8. The van der Waals surface area contributed by atoms with Gasteiger partial charge >= 0.3 is 5.97 Å². The highest BCUT2D eigenvalue weighted by Gasteiger charge is 2.28. The molecule has 0 bridgehead atoms. The van der Waals surface area contributed by atoms with Crippen LogP contribution in [0.4, 0.5) is 0 Å². The molecule has 0 spiro atoms. The summed E-state index contributed by atoms with van der Waals surface area (Å²) in [6, 6.07) is 0.704. The number of carbonyl (C=O) groups is 1. The minimum atomic E-state index is -0.677. The van der Waals surface area contributed by atoms with Gasteiger partial charge in [-0.2, -0.15) is 0 Å². The van der Waals surface area contributed by atoms with Gasteiger partial charge in [-0.1, -0.05) is 13.8 Å². The lowest BCUT2D eigenvalue weighted by atomic mass is 10.0. The van der Waals surface area contributed by atoms with Crippen LogP contribution in [0.2, 0.25) is 0 Å². The van der Waals surface area contributed by atoms with Crippen molar-refractivity contribution in [3.8, 4) is 0 Å². The van der Waals surface area contributed by atoms with Gasteiger partial charge in [0.15, 0.2) is 0 Å². The number of nitrogens with zero attached hydrogens (tertiary/aromatic N) is 2. The first-order valence-electron chi connectivity index (χ1n) is 6.74. The van der Waals surface area contributed by atoms with Gasteiger partial charge in [0.25, 0.3) is 0 Å². The summed E-state index contributed by atoms with van der Waals surface area (Å²) in [5, 5.41) is 8.99. The largest absolute Gasteiger partial charge is 0.481 e. The molecule has 0 aliphatic carbocycles. The Morgan fingerprint density at radius 3 is 2.65 bits per heavy atom. The summed E-state index contributed by atoms with van der Waals surface area (Å²) in [7, 11) is 2.16. The standard InChI is InChI=1S/C13H26N2O2/c1-4-11(9-13(16)17)15-8-6-7-14(3)10-12(15)5-2/h11-12H,4-10H2,1-3H3,(H,16,17). The molecule has 1 rings (SSSR count). The molecule has 0 aromatic heterocycles. The van der Waals surface area contributed by atoms with Gasteiger partial charge in [-0.25, -0.2) is 0 Å². The van der Waals surface area contributed by atoms with Crippen LogP contribution in [0.3, 0.4) is 0 Å². The van der Waals surface area contributed by atoms with Gasteiger partial charge in [0.2, 0.25) is 0 Å². The Morgan fingerprint density at radius 2 is 2.12 bits per heavy atom. The summed E-state index contributed by atoms with van der Waals surface area (Å²) in [6.07, 6.45) is 3.44. The molecule has 4 nitrogen and oxygen atoms in total. The minimum Gasteiger partial charge on any atom is -0.481 e. The molecule has 2 atom stereocenters. The molecule has 0 radical (unpaired) electrons. The van der Waals surface area contributed by atoms with E-state index in [1.807, 2.05) is 0 Å². The number of carboxylic acids is 1. The van der Waals surface area contributed by atoms with Crippen LogP contribution in [0.5, 0.6) is 0 Å². The van der Waals surface area contributed by atoms with E-state index in [0.29, 0.717) is 6.04 Å². The summed E-state index contributed by atoms with van der Waals surface area (Å²) >= 11 is 0. The van der Waals surface area contributed by atoms with Crippen molar-refractivity contribution in [1.29, 1.82) is 0 Å². The van der Waals surface area contributed by atoms with Crippen molar-refractivity contribution < 1.29 is 9.90 Å². The number of carboxylic acid groups (broad SMARTS) is 1. The molecule has 2 unspecified atom stereocenters. The molecule has 17 heavy (non-hydrogen) atoms. The molecule has 1 aliphatic heterocycles. The Morgan fingerprint density at radius 1 is 1.41 bits per heavy atom. The van der Waals surface area contributed by atoms with Crippen LogP contribution in [0.15, 0.2) is 0 Å². The molecular weight excluding hydrogens is 216 g/mol. The molecule has 4 heteroatoms. The fourth-order valence-corrected chi connectivity index (χ4v) is 2.80. The monoisotopic (exact) mass is 242 g/mol. The zero-order valence-electron chi connectivity index (χ0n) is 11.4. The number of likely N-dealkylation sites (N-methyl/N-ethyl adjacent to an activating group) is 1. The van der Waals surface area contributed by atoms with Gasteiger partial charge < -0.3 is 10.0 Å². The molecule has 0 aromatic rings. The average molecular weight is 242 g/mol. The normalized spacial score (nSPS) is 25.5. The van der Waals surface area contributed by atoms with Crippen LogP contribution in [0, 0.1) is 0 Å². The summed E-state index contributed by atoms with van der Waals surface area (Å²) < 4.78 is 0.